The van der Waals surface area contributed by atoms with E-state index in [1.807, 2.05) is 6.92 Å². The molecule has 1 fully saturated rings. The van der Waals surface area contributed by atoms with Gasteiger partial charge >= 0.3 is 5.97 Å². The van der Waals surface area contributed by atoms with Crippen molar-refractivity contribution in [1.29, 1.82) is 0 Å². The minimum absolute atomic E-state index is 0.0206. The van der Waals surface area contributed by atoms with E-state index >= 15 is 43.2 Å². The fourth-order valence-corrected chi connectivity index (χ4v) is 16.2. The molecule has 1 aromatic heterocycles. The molecular weight excluding hydrogens is 1680 g/mol. The van der Waals surface area contributed by atoms with Crippen LogP contribution < -0.4 is 58.5 Å². The summed E-state index contributed by atoms with van der Waals surface area (Å²) in [7, 11) is 6.43. The Morgan fingerprint density at radius 1 is 0.527 bits per heavy atom. The van der Waals surface area contributed by atoms with E-state index in [4.69, 9.17) is 10.5 Å². The zero-order chi connectivity index (χ0) is 93.9. The molecule has 0 radical (unpaired) electrons. The third-order valence-corrected chi connectivity index (χ3v) is 23.5. The van der Waals surface area contributed by atoms with Crippen LogP contribution in [0.2, 0.25) is 0 Å². The van der Waals surface area contributed by atoms with Gasteiger partial charge in [-0.1, -0.05) is 161 Å². The highest BCUT2D eigenvalue weighted by Crippen LogP contribution is 2.33. The number of unbranched alkanes of at least 4 members (excludes halogenated alkanes) is 1. The molecule has 6 aromatic carbocycles. The van der Waals surface area contributed by atoms with E-state index in [0.717, 1.165) is 36.3 Å². The van der Waals surface area contributed by atoms with Crippen molar-refractivity contribution in [2.45, 2.75) is 171 Å². The Morgan fingerprint density at radius 3 is 1.67 bits per heavy atom. The van der Waals surface area contributed by atoms with E-state index in [0.29, 0.717) is 57.1 Å². The number of amides is 15. The Labute approximate surface area is 751 Å². The number of H-pyrrole nitrogens is 1. The van der Waals surface area contributed by atoms with E-state index in [-0.39, 0.29) is 74.5 Å². The maximum atomic E-state index is 15.5. The first-order valence-electron chi connectivity index (χ1n) is 42.4. The van der Waals surface area contributed by atoms with E-state index in [2.05, 4.69) is 52.8 Å². The summed E-state index contributed by atoms with van der Waals surface area (Å²) in [5, 5.41) is 56.1. The number of aromatic hydroxyl groups is 2. The lowest BCUT2D eigenvalue weighted by Gasteiger charge is -2.37. The molecule has 9 rings (SSSR count). The van der Waals surface area contributed by atoms with Crippen LogP contribution in [0.4, 0.5) is 5.69 Å². The molecule has 3 heterocycles. The standard InChI is InChI=1S/C92H114N16O20S/c1-10-11-31-72-90(125)104(5)49-77(112)97-68(46-80(115)116)86(121)103-81(54(4)128-9)92(127)106(7)74(41-56-25-17-13-18-26-56)87(122)101-70-43-59-34-37-62(110)45-73(59)108(89(70)124)50-78(113)96-67(44-60-47-94-64-30-22-21-29-63(60)64)85(120)100-66(39-58-32-35-61(109)36-33-58)84(119)99-65(38-53(2)3)83(118)102-71(82(117)95-48-76(93)111)51-129-52-79(114)98-69(40-55-23-15-12-16-24-55)88(123)107(8)75(91(126)105(72)6)42-57-27-19-14-20-28-57/h12-30,32-37,45,47,53-54,65-72,74-75,81,94,109-110H,10-11,31,38-44,46,48-52H2,1-9H3,(H2,93,111)(H,95,117)(H,96,113)(H,97,112)(H,98,114)(H,99,119)(H,100,120)(H,101,122)(H,102,118)(H,103,121)(H,115,116)/t54-,65+,66+,67+,68+,69+,70+,71+,72+,74+,75+,81+/m1/s1. The number of phenolic OH excluding ortho intramolecular Hbond substituents is 2. The van der Waals surface area contributed by atoms with Gasteiger partial charge in [0, 0.05) is 103 Å². The lowest BCUT2D eigenvalue weighted by atomic mass is 9.95. The number of nitrogens with one attached hydrogen (secondary N) is 10. The molecule has 2 aliphatic heterocycles. The predicted octanol–water partition coefficient (Wildman–Crippen LogP) is 1.59. The number of phenols is 2. The Morgan fingerprint density at radius 2 is 1.05 bits per heavy atom. The van der Waals surface area contributed by atoms with Gasteiger partial charge in [-0.15, -0.1) is 11.8 Å². The number of nitrogens with two attached hydrogens (primary N) is 1. The number of nitrogens with zero attached hydrogens (tertiary/aromatic N) is 5. The number of aromatic amines is 1. The monoisotopic (exact) mass is 1790 g/mol. The minimum atomic E-state index is -1.96. The number of primary amides is 1. The summed E-state index contributed by atoms with van der Waals surface area (Å²) >= 11 is 0.824. The van der Waals surface area contributed by atoms with Gasteiger partial charge in [-0.3, -0.25) is 76.7 Å². The number of fused-ring (bicyclic) bond motifs is 5. The number of para-hydroxylation sites is 1. The molecule has 2 bridgehead atoms. The molecule has 15 amide bonds. The number of carboxylic acids is 1. The minimum Gasteiger partial charge on any atom is -0.508 e. The van der Waals surface area contributed by atoms with Crippen LogP contribution in [0.5, 0.6) is 11.5 Å². The van der Waals surface area contributed by atoms with Gasteiger partial charge in [0.1, 0.15) is 84.5 Å². The normalized spacial score (nSPS) is 22.4. The Kier molecular flexibility index (Phi) is 36.2. The fraction of sp³-hybridized carbons (Fsp3) is 0.413. The van der Waals surface area contributed by atoms with Gasteiger partial charge < -0.3 is 103 Å². The van der Waals surface area contributed by atoms with Crippen LogP contribution in [0.1, 0.15) is 93.2 Å². The number of hydrogen-bond donors (Lipinski definition) is 14. The number of anilines is 1. The molecule has 1 saturated heterocycles. The highest BCUT2D eigenvalue weighted by molar-refractivity contribution is 8.00. The highest BCUT2D eigenvalue weighted by atomic mass is 32.2. The summed E-state index contributed by atoms with van der Waals surface area (Å²) in [5.74, 6) is -17.3. The van der Waals surface area contributed by atoms with Gasteiger partial charge in [0.15, 0.2) is 0 Å². The molecule has 15 N–H and O–H groups in total. The molecule has 0 aliphatic carbocycles. The van der Waals surface area contributed by atoms with E-state index in [1.54, 1.807) is 135 Å². The van der Waals surface area contributed by atoms with Gasteiger partial charge in [0.2, 0.25) is 88.6 Å². The van der Waals surface area contributed by atoms with Crippen LogP contribution in [-0.2, 0) is 120 Å². The second kappa shape index (κ2) is 47.2. The van der Waals surface area contributed by atoms with Crippen molar-refractivity contribution in [2.75, 3.05) is 71.3 Å². The number of rotatable bonds is 22. The fourth-order valence-electron chi connectivity index (χ4n) is 15.3. The quantitative estimate of drug-likeness (QED) is 0.0458. The number of hydrogen-bond acceptors (Lipinski definition) is 20. The summed E-state index contributed by atoms with van der Waals surface area (Å²) in [6.07, 6.45) is -1.29. The number of likely N-dealkylation sites (N-methyl/N-ethyl adjacent to an activating group) is 4. The molecule has 0 unspecified atom stereocenters. The van der Waals surface area contributed by atoms with Gasteiger partial charge in [-0.05, 0) is 83.3 Å². The zero-order valence-electron chi connectivity index (χ0n) is 73.4. The van der Waals surface area contributed by atoms with Crippen LogP contribution in [-0.4, -0.2) is 273 Å². The molecule has 37 heteroatoms. The molecule has 0 saturated carbocycles. The molecule has 129 heavy (non-hydrogen) atoms. The number of aliphatic carboxylic acids is 1. The average molecular weight is 1800 g/mol. The molecule has 2 aliphatic rings. The van der Waals surface area contributed by atoms with Crippen molar-refractivity contribution in [3.8, 4) is 11.5 Å². The molecular formula is C92H114N16O20S. The van der Waals surface area contributed by atoms with Gasteiger partial charge in [-0.25, -0.2) is 0 Å². The first kappa shape index (κ1) is 99.1. The highest BCUT2D eigenvalue weighted by Gasteiger charge is 2.44. The first-order valence-corrected chi connectivity index (χ1v) is 43.6. The van der Waals surface area contributed by atoms with Crippen LogP contribution >= 0.6 is 11.8 Å². The number of thioether (sulfide) groups is 1. The lowest BCUT2D eigenvalue weighted by molar-refractivity contribution is -0.151. The van der Waals surface area contributed by atoms with E-state index < -0.39 is 205 Å². The third-order valence-electron chi connectivity index (χ3n) is 22.5. The second-order valence-electron chi connectivity index (χ2n) is 32.6. The average Bonchev–Trinajstić information content (AvgIpc) is 1.72. The molecule has 688 valence electrons. The Hall–Kier alpha value is -13.7. The molecule has 12 atom stereocenters. The van der Waals surface area contributed by atoms with Crippen molar-refractivity contribution < 1.29 is 96.8 Å². The smallest absolute Gasteiger partial charge is 0.305 e. The summed E-state index contributed by atoms with van der Waals surface area (Å²) in [4.78, 5) is 244. The van der Waals surface area contributed by atoms with E-state index in [1.165, 1.54) is 84.7 Å². The maximum Gasteiger partial charge on any atom is 0.305 e. The topological polar surface area (TPSA) is 509 Å². The van der Waals surface area contributed by atoms with Crippen molar-refractivity contribution in [3.63, 3.8) is 0 Å². The largest absolute Gasteiger partial charge is 0.508 e. The Balaban J connectivity index is 1.12. The third kappa shape index (κ3) is 28.1. The summed E-state index contributed by atoms with van der Waals surface area (Å²) in [5.41, 5.74) is 9.00. The first-order chi connectivity index (χ1) is 61.5. The molecule has 36 nitrogen and oxygen atoms in total. The lowest BCUT2D eigenvalue weighted by Crippen LogP contribution is -2.62. The van der Waals surface area contributed by atoms with Gasteiger partial charge in [0.25, 0.3) is 0 Å². The summed E-state index contributed by atoms with van der Waals surface area (Å²) < 4.78 is 5.63. The van der Waals surface area contributed by atoms with Crippen molar-refractivity contribution in [1.82, 2.24) is 72.4 Å². The summed E-state index contributed by atoms with van der Waals surface area (Å²) in [6, 6.07) is 25.1. The number of carboxylic acid groups (broad SMARTS) is 1. The van der Waals surface area contributed by atoms with Crippen LogP contribution in [0.3, 0.4) is 0 Å². The number of benzene rings is 6. The van der Waals surface area contributed by atoms with Crippen LogP contribution in [0.25, 0.3) is 10.9 Å². The molecule has 0 spiro atoms. The Bertz CT molecular complexity index is 5160. The van der Waals surface area contributed by atoms with Gasteiger partial charge in [0.05, 0.1) is 37.1 Å². The van der Waals surface area contributed by atoms with Crippen molar-refractivity contribution >= 4 is 123 Å². The maximum absolute atomic E-state index is 15.5. The number of ether oxygens (including phenoxy) is 1. The zero-order valence-corrected chi connectivity index (χ0v) is 74.2. The van der Waals surface area contributed by atoms with Crippen molar-refractivity contribution in [2.24, 2.45) is 11.7 Å². The number of methoxy groups -OCH3 is 1. The number of carbonyl (C=O) groups excluding carboxylic acids is 15. The van der Waals surface area contributed by atoms with Crippen LogP contribution in [0.15, 0.2) is 164 Å². The van der Waals surface area contributed by atoms with Crippen LogP contribution in [0, 0.1) is 5.92 Å². The second-order valence-corrected chi connectivity index (χ2v) is 33.7. The number of carbonyl (C=O) groups is 16. The predicted molar refractivity (Wildman–Crippen MR) is 478 cm³/mol. The molecule has 7 aromatic rings. The van der Waals surface area contributed by atoms with Gasteiger partial charge in [-0.2, -0.15) is 0 Å². The van der Waals surface area contributed by atoms with E-state index in [9.17, 15) is 48.9 Å². The van der Waals surface area contributed by atoms with Crippen molar-refractivity contribution in [3.05, 3.63) is 197 Å². The summed E-state index contributed by atoms with van der Waals surface area (Å²) in [6.45, 7) is 4.31. The SMILES string of the molecule is CCCC[C@H]1C(=O)N(C)CC(=O)N[C@@H](CC(=O)O)C(=O)N[C@@H]([C@@H](C)OC)C(=O)N(C)[C@@H](Cc2ccccc2)C(=O)N[C@H]2Cc3ccc(O)cc3N(CC(=O)N[C@@H](Cc3c[nH]c4ccccc34)C(=O)N[C@@H](Cc3ccc(O)cc3)C(=O)N[C@@H](CC(C)C)C(=O)N[C@H](C(=O)NCC(N)=O)CSCC(=O)N[C@@H](Cc3ccccc3)C(=O)N(C)[C@@H](Cc3ccccc3)C(=O)N1C)C2=O. The number of aromatic nitrogens is 1.